The standard InChI is InChI=1S/C11H17NO3S/c1-3-6-12(8-9(13)14)10(15)11(2)5-4-7-16-11/h3H,1,4-8H2,2H3,(H,13,14). The summed E-state index contributed by atoms with van der Waals surface area (Å²) < 4.78 is -0.446. The SMILES string of the molecule is C=CCN(CC(=O)O)C(=O)C1(C)CCCS1. The lowest BCUT2D eigenvalue weighted by Gasteiger charge is -2.29. The van der Waals surface area contributed by atoms with Gasteiger partial charge in [-0.05, 0) is 25.5 Å². The first kappa shape index (κ1) is 13.1. The van der Waals surface area contributed by atoms with Crippen molar-refractivity contribution in [2.24, 2.45) is 0 Å². The molecular weight excluding hydrogens is 226 g/mol. The number of nitrogens with zero attached hydrogens (tertiary/aromatic N) is 1. The first-order valence-electron chi connectivity index (χ1n) is 5.25. The fraction of sp³-hybridized carbons (Fsp3) is 0.636. The molecule has 5 heteroatoms. The van der Waals surface area contributed by atoms with E-state index in [4.69, 9.17) is 5.11 Å². The Morgan fingerprint density at radius 2 is 2.31 bits per heavy atom. The molecule has 0 aliphatic carbocycles. The second kappa shape index (κ2) is 5.39. The summed E-state index contributed by atoms with van der Waals surface area (Å²) in [6.07, 6.45) is 3.40. The van der Waals surface area contributed by atoms with Crippen molar-refractivity contribution in [1.29, 1.82) is 0 Å². The second-order valence-corrected chi connectivity index (χ2v) is 5.65. The molecule has 0 aromatic rings. The Kier molecular flexibility index (Phi) is 4.41. The average molecular weight is 243 g/mol. The van der Waals surface area contributed by atoms with Crippen molar-refractivity contribution in [3.05, 3.63) is 12.7 Å². The number of amides is 1. The van der Waals surface area contributed by atoms with Crippen molar-refractivity contribution >= 4 is 23.6 Å². The number of carbonyl (C=O) groups excluding carboxylic acids is 1. The smallest absolute Gasteiger partial charge is 0.323 e. The number of thioether (sulfide) groups is 1. The molecule has 1 N–H and O–H groups in total. The van der Waals surface area contributed by atoms with Crippen molar-refractivity contribution in [3.63, 3.8) is 0 Å². The quantitative estimate of drug-likeness (QED) is 0.741. The van der Waals surface area contributed by atoms with Gasteiger partial charge in [0.15, 0.2) is 0 Å². The van der Waals surface area contributed by atoms with Gasteiger partial charge in [0.1, 0.15) is 6.54 Å². The van der Waals surface area contributed by atoms with E-state index in [9.17, 15) is 9.59 Å². The maximum absolute atomic E-state index is 12.2. The highest BCUT2D eigenvalue weighted by Crippen LogP contribution is 2.39. The molecule has 0 bridgehead atoms. The molecule has 0 saturated carbocycles. The van der Waals surface area contributed by atoms with E-state index in [1.54, 1.807) is 17.8 Å². The van der Waals surface area contributed by atoms with Crippen LogP contribution < -0.4 is 0 Å². The molecule has 0 spiro atoms. The van der Waals surface area contributed by atoms with E-state index in [1.165, 1.54) is 4.90 Å². The van der Waals surface area contributed by atoms with E-state index in [-0.39, 0.29) is 12.5 Å². The van der Waals surface area contributed by atoms with Gasteiger partial charge in [0.05, 0.1) is 4.75 Å². The number of hydrogen-bond donors (Lipinski definition) is 1. The van der Waals surface area contributed by atoms with E-state index < -0.39 is 10.7 Å². The molecule has 0 aromatic carbocycles. The van der Waals surface area contributed by atoms with Crippen LogP contribution in [-0.2, 0) is 9.59 Å². The number of carboxylic acids is 1. The number of carbonyl (C=O) groups is 2. The van der Waals surface area contributed by atoms with Crippen LogP contribution >= 0.6 is 11.8 Å². The molecule has 1 fully saturated rings. The maximum atomic E-state index is 12.2. The summed E-state index contributed by atoms with van der Waals surface area (Å²) in [7, 11) is 0. The summed E-state index contributed by atoms with van der Waals surface area (Å²) >= 11 is 1.62. The summed E-state index contributed by atoms with van der Waals surface area (Å²) in [5, 5.41) is 8.75. The van der Waals surface area contributed by atoms with E-state index in [1.807, 2.05) is 6.92 Å². The predicted molar refractivity (Wildman–Crippen MR) is 64.5 cm³/mol. The van der Waals surface area contributed by atoms with Crippen molar-refractivity contribution in [2.75, 3.05) is 18.8 Å². The lowest BCUT2D eigenvalue weighted by Crippen LogP contribution is -2.46. The molecule has 0 radical (unpaired) electrons. The molecule has 16 heavy (non-hydrogen) atoms. The van der Waals surface area contributed by atoms with Crippen molar-refractivity contribution < 1.29 is 14.7 Å². The topological polar surface area (TPSA) is 57.6 Å². The molecule has 1 rings (SSSR count). The van der Waals surface area contributed by atoms with Crippen LogP contribution in [0.5, 0.6) is 0 Å². The van der Waals surface area contributed by atoms with Crippen LogP contribution in [0.4, 0.5) is 0 Å². The zero-order valence-electron chi connectivity index (χ0n) is 9.44. The lowest BCUT2D eigenvalue weighted by molar-refractivity contribution is -0.144. The lowest BCUT2D eigenvalue weighted by atomic mass is 10.0. The Labute approximate surface area is 99.7 Å². The molecule has 0 aromatic heterocycles. The zero-order chi connectivity index (χ0) is 12.2. The van der Waals surface area contributed by atoms with Gasteiger partial charge in [0.2, 0.25) is 5.91 Å². The fourth-order valence-corrected chi connectivity index (χ4v) is 3.10. The summed E-state index contributed by atoms with van der Waals surface area (Å²) in [6.45, 7) is 5.48. The van der Waals surface area contributed by atoms with E-state index in [0.29, 0.717) is 6.54 Å². The van der Waals surface area contributed by atoms with Crippen molar-refractivity contribution in [1.82, 2.24) is 4.90 Å². The van der Waals surface area contributed by atoms with Gasteiger partial charge in [0, 0.05) is 6.54 Å². The fourth-order valence-electron chi connectivity index (χ4n) is 1.82. The summed E-state index contributed by atoms with van der Waals surface area (Å²) in [6, 6.07) is 0. The summed E-state index contributed by atoms with van der Waals surface area (Å²) in [5.74, 6) is -0.101. The van der Waals surface area contributed by atoms with Gasteiger partial charge < -0.3 is 10.0 Å². The van der Waals surface area contributed by atoms with Crippen LogP contribution in [-0.4, -0.2) is 45.5 Å². The van der Waals surface area contributed by atoms with Crippen molar-refractivity contribution in [2.45, 2.75) is 24.5 Å². The first-order chi connectivity index (χ1) is 7.49. The van der Waals surface area contributed by atoms with Gasteiger partial charge in [-0.1, -0.05) is 6.08 Å². The molecule has 1 aliphatic rings. The molecular formula is C11H17NO3S. The van der Waals surface area contributed by atoms with Gasteiger partial charge in [0.25, 0.3) is 0 Å². The normalized spacial score (nSPS) is 24.1. The molecule has 1 heterocycles. The summed E-state index contributed by atoms with van der Waals surface area (Å²) in [5.41, 5.74) is 0. The van der Waals surface area contributed by atoms with Crippen LogP contribution in [0.2, 0.25) is 0 Å². The molecule has 1 unspecified atom stereocenters. The number of rotatable bonds is 5. The minimum atomic E-state index is -0.984. The van der Waals surface area contributed by atoms with Crippen LogP contribution in [0, 0.1) is 0 Å². The predicted octanol–water partition coefficient (Wildman–Crippen LogP) is 1.37. The zero-order valence-corrected chi connectivity index (χ0v) is 10.3. The van der Waals surface area contributed by atoms with Crippen molar-refractivity contribution in [3.8, 4) is 0 Å². The van der Waals surface area contributed by atoms with Crippen LogP contribution in [0.15, 0.2) is 12.7 Å². The van der Waals surface area contributed by atoms with Gasteiger partial charge in [-0.3, -0.25) is 9.59 Å². The molecule has 4 nitrogen and oxygen atoms in total. The number of hydrogen-bond acceptors (Lipinski definition) is 3. The van der Waals surface area contributed by atoms with Gasteiger partial charge in [-0.25, -0.2) is 0 Å². The Hall–Kier alpha value is -0.970. The molecule has 1 amide bonds. The van der Waals surface area contributed by atoms with E-state index in [0.717, 1.165) is 18.6 Å². The highest BCUT2D eigenvalue weighted by molar-refractivity contribution is 8.01. The molecule has 90 valence electrons. The van der Waals surface area contributed by atoms with Gasteiger partial charge >= 0.3 is 5.97 Å². The maximum Gasteiger partial charge on any atom is 0.323 e. The Bertz CT molecular complexity index is 298. The Morgan fingerprint density at radius 3 is 2.75 bits per heavy atom. The first-order valence-corrected chi connectivity index (χ1v) is 6.24. The van der Waals surface area contributed by atoms with Gasteiger partial charge in [-0.15, -0.1) is 18.3 Å². The van der Waals surface area contributed by atoms with Gasteiger partial charge in [-0.2, -0.15) is 0 Å². The van der Waals surface area contributed by atoms with E-state index in [2.05, 4.69) is 6.58 Å². The molecule has 1 saturated heterocycles. The Balaban J connectivity index is 2.72. The minimum Gasteiger partial charge on any atom is -0.480 e. The third-order valence-corrected chi connectivity index (χ3v) is 4.14. The third kappa shape index (κ3) is 3.01. The monoisotopic (exact) mass is 243 g/mol. The third-order valence-electron chi connectivity index (χ3n) is 2.63. The largest absolute Gasteiger partial charge is 0.480 e. The average Bonchev–Trinajstić information content (AvgIpc) is 2.64. The van der Waals surface area contributed by atoms with Crippen LogP contribution in [0.25, 0.3) is 0 Å². The number of carboxylic acid groups (broad SMARTS) is 1. The van der Waals surface area contributed by atoms with E-state index >= 15 is 0 Å². The highest BCUT2D eigenvalue weighted by atomic mass is 32.2. The van der Waals surface area contributed by atoms with Crippen LogP contribution in [0.3, 0.4) is 0 Å². The minimum absolute atomic E-state index is 0.0858. The number of aliphatic carboxylic acids is 1. The molecule has 1 atom stereocenters. The molecule has 1 aliphatic heterocycles. The second-order valence-electron chi connectivity index (χ2n) is 4.05. The van der Waals surface area contributed by atoms with Crippen LogP contribution in [0.1, 0.15) is 19.8 Å². The Morgan fingerprint density at radius 1 is 1.62 bits per heavy atom. The highest BCUT2D eigenvalue weighted by Gasteiger charge is 2.40. The summed E-state index contributed by atoms with van der Waals surface area (Å²) in [4.78, 5) is 24.2.